The summed E-state index contributed by atoms with van der Waals surface area (Å²) in [5, 5.41) is 2.43. The first kappa shape index (κ1) is 18.1. The molecular weight excluding hydrogens is 359 g/mol. The number of halogens is 1. The minimum absolute atomic E-state index is 0.00825. The van der Waals surface area contributed by atoms with Crippen LogP contribution < -0.4 is 9.62 Å². The normalized spacial score (nSPS) is 18.0. The summed E-state index contributed by atoms with van der Waals surface area (Å²) >= 11 is 0. The number of amides is 2. The molecule has 0 radical (unpaired) electrons. The van der Waals surface area contributed by atoms with Gasteiger partial charge in [0.1, 0.15) is 5.82 Å². The fourth-order valence-corrected chi connectivity index (χ4v) is 4.89. The Kier molecular flexibility index (Phi) is 4.31. The number of hydrogen-bond donors (Lipinski definition) is 1. The van der Waals surface area contributed by atoms with Crippen LogP contribution in [0.25, 0.3) is 0 Å². The first-order valence-corrected chi connectivity index (χ1v) is 9.46. The van der Waals surface area contributed by atoms with E-state index in [1.54, 1.807) is 19.9 Å². The first-order valence-electron chi connectivity index (χ1n) is 7.85. The van der Waals surface area contributed by atoms with Gasteiger partial charge in [0.25, 0.3) is 5.91 Å². The molecule has 1 saturated heterocycles. The van der Waals surface area contributed by atoms with Crippen molar-refractivity contribution in [2.24, 2.45) is 5.41 Å². The number of nitrogens with one attached hydrogen (secondary N) is 1. The monoisotopic (exact) mass is 376 g/mol. The molecule has 1 N–H and O–H groups in total. The van der Waals surface area contributed by atoms with Crippen LogP contribution in [0.5, 0.6) is 0 Å². The Labute approximate surface area is 150 Å². The Morgan fingerprint density at radius 1 is 1.15 bits per heavy atom. The zero-order valence-corrected chi connectivity index (χ0v) is 15.0. The van der Waals surface area contributed by atoms with Crippen molar-refractivity contribution < 1.29 is 22.4 Å². The molecule has 3 rings (SSSR count). The summed E-state index contributed by atoms with van der Waals surface area (Å²) in [6.45, 7) is 3.11. The molecule has 1 aliphatic rings. The third-order valence-corrected chi connectivity index (χ3v) is 6.07. The average molecular weight is 376 g/mol. The van der Waals surface area contributed by atoms with Crippen molar-refractivity contribution in [2.75, 3.05) is 15.4 Å². The summed E-state index contributed by atoms with van der Waals surface area (Å²) in [5.74, 6) is -2.05. The van der Waals surface area contributed by atoms with E-state index >= 15 is 0 Å². The topological polar surface area (TPSA) is 83.6 Å². The fourth-order valence-electron chi connectivity index (χ4n) is 2.79. The lowest BCUT2D eigenvalue weighted by atomic mass is 9.95. The molecular formula is C18H17FN2O4S. The number of sulfonamides is 1. The van der Waals surface area contributed by atoms with Gasteiger partial charge in [0.2, 0.25) is 15.9 Å². The summed E-state index contributed by atoms with van der Waals surface area (Å²) in [6, 6.07) is 11.4. The average Bonchev–Trinajstić information content (AvgIpc) is 2.72. The number of rotatable bonds is 3. The number of hydrogen-bond acceptors (Lipinski definition) is 4. The van der Waals surface area contributed by atoms with E-state index in [1.165, 1.54) is 42.5 Å². The van der Waals surface area contributed by atoms with Gasteiger partial charge in [-0.2, -0.15) is 0 Å². The van der Waals surface area contributed by atoms with Crippen molar-refractivity contribution in [3.63, 3.8) is 0 Å². The summed E-state index contributed by atoms with van der Waals surface area (Å²) in [7, 11) is -3.81. The van der Waals surface area contributed by atoms with Crippen molar-refractivity contribution in [1.29, 1.82) is 0 Å². The Hall–Kier alpha value is -2.74. The second kappa shape index (κ2) is 6.21. The van der Waals surface area contributed by atoms with E-state index < -0.39 is 33.1 Å². The third kappa shape index (κ3) is 3.20. The smallest absolute Gasteiger partial charge is 0.255 e. The number of nitrogens with zero attached hydrogens (tertiary/aromatic N) is 1. The van der Waals surface area contributed by atoms with Gasteiger partial charge in [-0.3, -0.25) is 9.59 Å². The molecule has 0 atom stereocenters. The van der Waals surface area contributed by atoms with Gasteiger partial charge in [-0.05, 0) is 44.2 Å². The third-order valence-electron chi connectivity index (χ3n) is 4.05. The van der Waals surface area contributed by atoms with Crippen LogP contribution in [-0.2, 0) is 14.8 Å². The van der Waals surface area contributed by atoms with Crippen molar-refractivity contribution in [3.8, 4) is 0 Å². The van der Waals surface area contributed by atoms with E-state index in [-0.39, 0.29) is 22.7 Å². The van der Waals surface area contributed by atoms with Crippen molar-refractivity contribution in [1.82, 2.24) is 0 Å². The molecule has 1 heterocycles. The second-order valence-electron chi connectivity index (χ2n) is 6.69. The molecule has 2 aromatic rings. The number of para-hydroxylation sites is 1. The second-order valence-corrected chi connectivity index (χ2v) is 8.51. The van der Waals surface area contributed by atoms with Crippen LogP contribution >= 0.6 is 0 Å². The first-order chi connectivity index (χ1) is 12.1. The molecule has 0 saturated carbocycles. The SMILES string of the molecule is CC1(C)CS(=O)(=O)N(c2cccc(C(=O)Nc3ccccc3F)c2)C1=O. The summed E-state index contributed by atoms with van der Waals surface area (Å²) in [5.41, 5.74) is -0.835. The summed E-state index contributed by atoms with van der Waals surface area (Å²) in [4.78, 5) is 24.8. The minimum atomic E-state index is -3.81. The Balaban J connectivity index is 1.93. The maximum atomic E-state index is 13.7. The van der Waals surface area contributed by atoms with E-state index in [0.29, 0.717) is 0 Å². The quantitative estimate of drug-likeness (QED) is 0.893. The van der Waals surface area contributed by atoms with Gasteiger partial charge < -0.3 is 5.32 Å². The van der Waals surface area contributed by atoms with E-state index in [4.69, 9.17) is 0 Å². The van der Waals surface area contributed by atoms with Crippen LogP contribution in [-0.4, -0.2) is 26.0 Å². The Morgan fingerprint density at radius 3 is 2.46 bits per heavy atom. The predicted molar refractivity (Wildman–Crippen MR) is 95.8 cm³/mol. The van der Waals surface area contributed by atoms with Gasteiger partial charge in [-0.25, -0.2) is 17.1 Å². The zero-order chi connectivity index (χ0) is 19.1. The highest BCUT2D eigenvalue weighted by atomic mass is 32.2. The van der Waals surface area contributed by atoms with Crippen LogP contribution in [0.4, 0.5) is 15.8 Å². The number of carbonyl (C=O) groups excluding carboxylic acids is 2. The lowest BCUT2D eigenvalue weighted by Crippen LogP contribution is -2.33. The summed E-state index contributed by atoms with van der Waals surface area (Å²) < 4.78 is 39.1. The van der Waals surface area contributed by atoms with Gasteiger partial charge in [-0.15, -0.1) is 0 Å². The Bertz CT molecular complexity index is 1000. The molecule has 2 aromatic carbocycles. The molecule has 0 bridgehead atoms. The Morgan fingerprint density at radius 2 is 1.85 bits per heavy atom. The van der Waals surface area contributed by atoms with E-state index in [9.17, 15) is 22.4 Å². The predicted octanol–water partition coefficient (Wildman–Crippen LogP) is 2.78. The number of anilines is 2. The van der Waals surface area contributed by atoms with E-state index in [2.05, 4.69) is 5.32 Å². The highest BCUT2D eigenvalue weighted by Crippen LogP contribution is 2.36. The highest BCUT2D eigenvalue weighted by Gasteiger charge is 2.49. The number of carbonyl (C=O) groups is 2. The maximum Gasteiger partial charge on any atom is 0.255 e. The van der Waals surface area contributed by atoms with Crippen molar-refractivity contribution >= 4 is 33.2 Å². The van der Waals surface area contributed by atoms with Crippen molar-refractivity contribution in [3.05, 3.63) is 59.9 Å². The van der Waals surface area contributed by atoms with Crippen LogP contribution in [0, 0.1) is 11.2 Å². The minimum Gasteiger partial charge on any atom is -0.319 e. The van der Waals surface area contributed by atoms with E-state index in [0.717, 1.165) is 4.31 Å². The van der Waals surface area contributed by atoms with Gasteiger partial charge >= 0.3 is 0 Å². The van der Waals surface area contributed by atoms with Crippen LogP contribution in [0.15, 0.2) is 48.5 Å². The molecule has 0 unspecified atom stereocenters. The van der Waals surface area contributed by atoms with Crippen molar-refractivity contribution in [2.45, 2.75) is 13.8 Å². The molecule has 1 aliphatic heterocycles. The highest BCUT2D eigenvalue weighted by molar-refractivity contribution is 7.94. The standard InChI is InChI=1S/C18H17FN2O4S/c1-18(2)11-26(24,25)21(17(18)23)13-7-5-6-12(10-13)16(22)20-15-9-4-3-8-14(15)19/h3-10H,11H2,1-2H3,(H,20,22). The van der Waals surface area contributed by atoms with Crippen LogP contribution in [0.1, 0.15) is 24.2 Å². The lowest BCUT2D eigenvalue weighted by molar-refractivity contribution is -0.123. The summed E-state index contributed by atoms with van der Waals surface area (Å²) in [6.07, 6.45) is 0. The molecule has 1 fully saturated rings. The maximum absolute atomic E-state index is 13.7. The molecule has 0 aromatic heterocycles. The van der Waals surface area contributed by atoms with Crippen LogP contribution in [0.3, 0.4) is 0 Å². The molecule has 136 valence electrons. The van der Waals surface area contributed by atoms with Gasteiger partial charge in [0.05, 0.1) is 22.5 Å². The lowest BCUT2D eigenvalue weighted by Gasteiger charge is -2.18. The van der Waals surface area contributed by atoms with Gasteiger partial charge in [0, 0.05) is 5.56 Å². The molecule has 26 heavy (non-hydrogen) atoms. The molecule has 0 spiro atoms. The van der Waals surface area contributed by atoms with Gasteiger partial charge in [0.15, 0.2) is 0 Å². The number of benzene rings is 2. The molecule has 0 aliphatic carbocycles. The van der Waals surface area contributed by atoms with Gasteiger partial charge in [-0.1, -0.05) is 18.2 Å². The van der Waals surface area contributed by atoms with E-state index in [1.807, 2.05) is 0 Å². The fraction of sp³-hybridized carbons (Fsp3) is 0.222. The molecule has 6 nitrogen and oxygen atoms in total. The molecule has 2 amide bonds. The zero-order valence-electron chi connectivity index (χ0n) is 14.2. The largest absolute Gasteiger partial charge is 0.319 e. The van der Waals surface area contributed by atoms with Crippen LogP contribution in [0.2, 0.25) is 0 Å². The molecule has 8 heteroatoms.